The zero-order valence-electron chi connectivity index (χ0n) is 13.7. The van der Waals surface area contributed by atoms with Crippen molar-refractivity contribution in [3.05, 3.63) is 48.0 Å². The molecular weight excluding hydrogens is 368 g/mol. The number of nitrogens with one attached hydrogen (secondary N) is 1. The van der Waals surface area contributed by atoms with Crippen LogP contribution >= 0.6 is 0 Å². The van der Waals surface area contributed by atoms with E-state index in [1.807, 2.05) is 0 Å². The van der Waals surface area contributed by atoms with E-state index >= 15 is 0 Å². The van der Waals surface area contributed by atoms with Crippen molar-refractivity contribution in [2.75, 3.05) is 18.5 Å². The minimum atomic E-state index is -4.41. The van der Waals surface area contributed by atoms with E-state index in [2.05, 4.69) is 5.32 Å². The number of benzene rings is 2. The van der Waals surface area contributed by atoms with Crippen molar-refractivity contribution in [3.8, 4) is 11.5 Å². The van der Waals surface area contributed by atoms with E-state index in [1.54, 1.807) is 6.07 Å². The van der Waals surface area contributed by atoms with Gasteiger partial charge in [0.15, 0.2) is 21.3 Å². The standard InChI is InChI=1S/C17H15F2NO5S/c1-10(26(22,23)16-8-11(18)2-4-13(16)19)17(21)20-12-3-5-14-15(9-12)25-7-6-24-14/h2-5,8-10H,6-7H2,1H3,(H,20,21)/t10-/m1/s1. The van der Waals surface area contributed by atoms with Gasteiger partial charge in [-0.2, -0.15) is 0 Å². The normalized spacial score (nSPS) is 14.6. The van der Waals surface area contributed by atoms with Gasteiger partial charge in [-0.05, 0) is 37.3 Å². The van der Waals surface area contributed by atoms with Crippen LogP contribution < -0.4 is 14.8 Å². The Morgan fingerprint density at radius 2 is 1.77 bits per heavy atom. The largest absolute Gasteiger partial charge is 0.486 e. The molecule has 1 N–H and O–H groups in total. The molecule has 0 aliphatic carbocycles. The fourth-order valence-corrected chi connectivity index (χ4v) is 3.73. The summed E-state index contributed by atoms with van der Waals surface area (Å²) in [5.41, 5.74) is 0.293. The summed E-state index contributed by atoms with van der Waals surface area (Å²) in [5.74, 6) is -1.99. The van der Waals surface area contributed by atoms with E-state index in [0.717, 1.165) is 13.0 Å². The first-order valence-electron chi connectivity index (χ1n) is 7.68. The first-order chi connectivity index (χ1) is 12.3. The van der Waals surface area contributed by atoms with Crippen molar-refractivity contribution in [3.63, 3.8) is 0 Å². The van der Waals surface area contributed by atoms with Gasteiger partial charge in [-0.25, -0.2) is 17.2 Å². The lowest BCUT2D eigenvalue weighted by Gasteiger charge is -2.19. The Bertz CT molecular complexity index is 962. The maximum atomic E-state index is 13.8. The summed E-state index contributed by atoms with van der Waals surface area (Å²) in [6, 6.07) is 6.65. The smallest absolute Gasteiger partial charge is 0.242 e. The summed E-state index contributed by atoms with van der Waals surface area (Å²) in [5, 5.41) is 0.799. The average molecular weight is 383 g/mol. The summed E-state index contributed by atoms with van der Waals surface area (Å²) in [7, 11) is -4.41. The lowest BCUT2D eigenvalue weighted by atomic mass is 10.2. The predicted molar refractivity (Wildman–Crippen MR) is 89.1 cm³/mol. The molecule has 0 unspecified atom stereocenters. The molecule has 0 saturated heterocycles. The van der Waals surface area contributed by atoms with E-state index in [4.69, 9.17) is 9.47 Å². The number of carbonyl (C=O) groups excluding carboxylic acids is 1. The Balaban J connectivity index is 1.82. The van der Waals surface area contributed by atoms with Gasteiger partial charge >= 0.3 is 0 Å². The zero-order valence-corrected chi connectivity index (χ0v) is 14.5. The number of anilines is 1. The molecule has 0 saturated carbocycles. The minimum absolute atomic E-state index is 0.293. The number of amides is 1. The molecule has 1 aliphatic heterocycles. The summed E-state index contributed by atoms with van der Waals surface area (Å²) >= 11 is 0. The molecule has 138 valence electrons. The number of rotatable bonds is 4. The molecule has 0 aromatic heterocycles. The van der Waals surface area contributed by atoms with Crippen molar-refractivity contribution < 1.29 is 31.5 Å². The molecule has 9 heteroatoms. The van der Waals surface area contributed by atoms with Crippen molar-refractivity contribution >= 4 is 21.4 Å². The fraction of sp³-hybridized carbons (Fsp3) is 0.235. The van der Waals surface area contributed by atoms with Crippen molar-refractivity contribution in [2.45, 2.75) is 17.1 Å². The quantitative estimate of drug-likeness (QED) is 0.878. The molecule has 1 aliphatic rings. The van der Waals surface area contributed by atoms with E-state index < -0.39 is 37.5 Å². The van der Waals surface area contributed by atoms with E-state index in [9.17, 15) is 22.0 Å². The van der Waals surface area contributed by atoms with E-state index in [0.29, 0.717) is 42.5 Å². The number of carbonyl (C=O) groups is 1. The van der Waals surface area contributed by atoms with Crippen LogP contribution in [0.4, 0.5) is 14.5 Å². The first kappa shape index (κ1) is 18.1. The number of hydrogen-bond donors (Lipinski definition) is 1. The SMILES string of the molecule is C[C@H](C(=O)Nc1ccc2c(c1)OCCO2)S(=O)(=O)c1cc(F)ccc1F. The van der Waals surface area contributed by atoms with Crippen LogP contribution in [0.5, 0.6) is 11.5 Å². The molecular formula is C17H15F2NO5S. The fourth-order valence-electron chi connectivity index (χ4n) is 2.39. The number of halogens is 2. The summed E-state index contributed by atoms with van der Waals surface area (Å²) in [6.07, 6.45) is 0. The lowest BCUT2D eigenvalue weighted by molar-refractivity contribution is -0.115. The van der Waals surface area contributed by atoms with Gasteiger partial charge in [0.2, 0.25) is 5.91 Å². The van der Waals surface area contributed by atoms with Crippen LogP contribution in [0, 0.1) is 11.6 Å². The highest BCUT2D eigenvalue weighted by molar-refractivity contribution is 7.92. The van der Waals surface area contributed by atoms with Gasteiger partial charge in [0.05, 0.1) is 0 Å². The summed E-state index contributed by atoms with van der Waals surface area (Å²) in [6.45, 7) is 1.87. The molecule has 2 aromatic rings. The van der Waals surface area contributed by atoms with Crippen LogP contribution in [0.15, 0.2) is 41.3 Å². The summed E-state index contributed by atoms with van der Waals surface area (Å²) in [4.78, 5) is 11.5. The third kappa shape index (κ3) is 3.48. The second kappa shape index (κ2) is 6.91. The van der Waals surface area contributed by atoms with Crippen molar-refractivity contribution in [2.24, 2.45) is 0 Å². The van der Waals surface area contributed by atoms with Crippen LogP contribution in [0.1, 0.15) is 6.92 Å². The molecule has 0 fully saturated rings. The number of sulfone groups is 1. The molecule has 0 bridgehead atoms. The van der Waals surface area contributed by atoms with Gasteiger partial charge in [0, 0.05) is 11.8 Å². The zero-order chi connectivity index (χ0) is 18.9. The highest BCUT2D eigenvalue weighted by Crippen LogP contribution is 2.32. The highest BCUT2D eigenvalue weighted by atomic mass is 32.2. The number of hydrogen-bond acceptors (Lipinski definition) is 5. The molecule has 2 aromatic carbocycles. The maximum absolute atomic E-state index is 13.8. The van der Waals surface area contributed by atoms with Gasteiger partial charge in [0.25, 0.3) is 0 Å². The van der Waals surface area contributed by atoms with Gasteiger partial charge in [-0.1, -0.05) is 0 Å². The highest BCUT2D eigenvalue weighted by Gasteiger charge is 2.32. The van der Waals surface area contributed by atoms with Gasteiger partial charge in [0.1, 0.15) is 35.0 Å². The molecule has 26 heavy (non-hydrogen) atoms. The maximum Gasteiger partial charge on any atom is 0.242 e. The lowest BCUT2D eigenvalue weighted by Crippen LogP contribution is -2.33. The Kier molecular flexibility index (Phi) is 4.82. The molecule has 3 rings (SSSR count). The van der Waals surface area contributed by atoms with E-state index in [1.165, 1.54) is 12.1 Å². The van der Waals surface area contributed by atoms with Crippen LogP contribution in [-0.2, 0) is 14.6 Å². The molecule has 0 radical (unpaired) electrons. The Morgan fingerprint density at radius 3 is 2.50 bits per heavy atom. The molecule has 1 atom stereocenters. The van der Waals surface area contributed by atoms with Gasteiger partial charge in [-0.3, -0.25) is 4.79 Å². The van der Waals surface area contributed by atoms with Gasteiger partial charge in [-0.15, -0.1) is 0 Å². The number of ether oxygens (including phenoxy) is 2. The second-order valence-electron chi connectivity index (χ2n) is 5.61. The molecule has 1 heterocycles. The molecule has 1 amide bonds. The third-order valence-corrected chi connectivity index (χ3v) is 5.92. The van der Waals surface area contributed by atoms with Crippen LogP contribution in [0.2, 0.25) is 0 Å². The van der Waals surface area contributed by atoms with E-state index in [-0.39, 0.29) is 0 Å². The number of fused-ring (bicyclic) bond motifs is 1. The third-order valence-electron chi connectivity index (χ3n) is 3.84. The van der Waals surface area contributed by atoms with Crippen molar-refractivity contribution in [1.29, 1.82) is 0 Å². The molecule has 6 nitrogen and oxygen atoms in total. The monoisotopic (exact) mass is 383 g/mol. The topological polar surface area (TPSA) is 81.7 Å². The van der Waals surface area contributed by atoms with Crippen LogP contribution in [0.25, 0.3) is 0 Å². The second-order valence-corrected chi connectivity index (χ2v) is 7.85. The van der Waals surface area contributed by atoms with Gasteiger partial charge < -0.3 is 14.8 Å². The molecule has 0 spiro atoms. The van der Waals surface area contributed by atoms with Crippen LogP contribution in [-0.4, -0.2) is 32.8 Å². The minimum Gasteiger partial charge on any atom is -0.486 e. The predicted octanol–water partition coefficient (Wildman–Crippen LogP) is 2.54. The van der Waals surface area contributed by atoms with Crippen LogP contribution in [0.3, 0.4) is 0 Å². The first-order valence-corrected chi connectivity index (χ1v) is 9.23. The Labute approximate surface area is 148 Å². The Hall–Kier alpha value is -2.68. The van der Waals surface area contributed by atoms with Crippen molar-refractivity contribution in [1.82, 2.24) is 0 Å². The Morgan fingerprint density at radius 1 is 1.08 bits per heavy atom. The summed E-state index contributed by atoms with van der Waals surface area (Å²) < 4.78 is 62.7. The average Bonchev–Trinajstić information content (AvgIpc) is 2.62.